The molecular weight excluding hydrogens is 276 g/mol. The Labute approximate surface area is 133 Å². The number of aromatic nitrogens is 1. The molecule has 0 aliphatic heterocycles. The highest BCUT2D eigenvalue weighted by Crippen LogP contribution is 2.22. The maximum absolute atomic E-state index is 12.2. The van der Waals surface area contributed by atoms with Crippen LogP contribution in [-0.2, 0) is 4.79 Å². The van der Waals surface area contributed by atoms with Gasteiger partial charge in [-0.05, 0) is 46.0 Å². The van der Waals surface area contributed by atoms with E-state index in [0.29, 0.717) is 5.82 Å². The van der Waals surface area contributed by atoms with Crippen molar-refractivity contribution in [1.82, 2.24) is 14.8 Å². The number of anilines is 1. The molecule has 1 aliphatic rings. The summed E-state index contributed by atoms with van der Waals surface area (Å²) in [7, 11) is 4.20. The van der Waals surface area contributed by atoms with E-state index in [1.165, 1.54) is 25.7 Å². The fraction of sp³-hybridized carbons (Fsp3) is 0.647. The van der Waals surface area contributed by atoms with Gasteiger partial charge in [0.15, 0.2) is 0 Å². The first-order valence-electron chi connectivity index (χ1n) is 8.20. The van der Waals surface area contributed by atoms with Gasteiger partial charge in [0.2, 0.25) is 5.91 Å². The Morgan fingerprint density at radius 3 is 2.68 bits per heavy atom. The van der Waals surface area contributed by atoms with Crippen LogP contribution in [0.4, 0.5) is 5.82 Å². The summed E-state index contributed by atoms with van der Waals surface area (Å²) in [6, 6.07) is 6.07. The molecule has 0 spiro atoms. The van der Waals surface area contributed by atoms with Crippen molar-refractivity contribution in [2.24, 2.45) is 0 Å². The molecule has 1 N–H and O–H groups in total. The number of pyridine rings is 1. The van der Waals surface area contributed by atoms with Crippen molar-refractivity contribution >= 4 is 11.7 Å². The lowest BCUT2D eigenvalue weighted by Gasteiger charge is -2.29. The van der Waals surface area contributed by atoms with E-state index in [4.69, 9.17) is 0 Å². The monoisotopic (exact) mass is 304 g/mol. The first-order chi connectivity index (χ1) is 10.6. The molecule has 122 valence electrons. The maximum atomic E-state index is 12.2. The quantitative estimate of drug-likeness (QED) is 0.839. The van der Waals surface area contributed by atoms with Gasteiger partial charge < -0.3 is 10.2 Å². The number of nitrogens with one attached hydrogen (secondary N) is 1. The van der Waals surface area contributed by atoms with E-state index in [0.717, 1.165) is 19.1 Å². The highest BCUT2D eigenvalue weighted by molar-refractivity contribution is 5.93. The van der Waals surface area contributed by atoms with Crippen molar-refractivity contribution in [2.45, 2.75) is 44.7 Å². The zero-order valence-corrected chi connectivity index (χ0v) is 14.0. The molecular formula is C17H28N4O. The van der Waals surface area contributed by atoms with Gasteiger partial charge in [-0.1, -0.05) is 18.9 Å². The van der Waals surface area contributed by atoms with Gasteiger partial charge in [0, 0.05) is 25.3 Å². The molecule has 5 nitrogen and oxygen atoms in total. The molecule has 1 atom stereocenters. The predicted molar refractivity (Wildman–Crippen MR) is 89.8 cm³/mol. The standard InChI is InChI=1S/C17H28N4O/c1-14(17(22)19-16-10-6-7-11-18-16)20(2)12-13-21(3)15-8-4-5-9-15/h6-7,10-11,14-15H,4-5,8-9,12-13H2,1-3H3,(H,18,19,22)/t14-/m0/s1. The van der Waals surface area contributed by atoms with Gasteiger partial charge in [-0.15, -0.1) is 0 Å². The topological polar surface area (TPSA) is 48.5 Å². The third-order valence-electron chi connectivity index (χ3n) is 4.71. The van der Waals surface area contributed by atoms with Gasteiger partial charge in [0.05, 0.1) is 6.04 Å². The summed E-state index contributed by atoms with van der Waals surface area (Å²) in [5, 5.41) is 2.86. The lowest BCUT2D eigenvalue weighted by Crippen LogP contribution is -2.44. The number of amides is 1. The Hall–Kier alpha value is -1.46. The van der Waals surface area contributed by atoms with Crippen LogP contribution in [0.3, 0.4) is 0 Å². The van der Waals surface area contributed by atoms with Gasteiger partial charge in [-0.2, -0.15) is 0 Å². The van der Waals surface area contributed by atoms with Crippen LogP contribution in [0, 0.1) is 0 Å². The molecule has 1 fully saturated rings. The second-order valence-electron chi connectivity index (χ2n) is 6.28. The summed E-state index contributed by atoms with van der Waals surface area (Å²) in [5.41, 5.74) is 0. The van der Waals surface area contributed by atoms with Crippen LogP contribution in [0.1, 0.15) is 32.6 Å². The molecule has 0 bridgehead atoms. The lowest BCUT2D eigenvalue weighted by molar-refractivity contribution is -0.120. The molecule has 0 unspecified atom stereocenters. The molecule has 1 aromatic heterocycles. The van der Waals surface area contributed by atoms with E-state index in [1.807, 2.05) is 26.1 Å². The molecule has 0 saturated heterocycles. The minimum atomic E-state index is -0.168. The van der Waals surface area contributed by atoms with Gasteiger partial charge >= 0.3 is 0 Å². The van der Waals surface area contributed by atoms with Gasteiger partial charge in [-0.3, -0.25) is 9.69 Å². The van der Waals surface area contributed by atoms with Gasteiger partial charge in [0.25, 0.3) is 0 Å². The van der Waals surface area contributed by atoms with E-state index in [1.54, 1.807) is 12.3 Å². The number of carbonyl (C=O) groups excluding carboxylic acids is 1. The lowest BCUT2D eigenvalue weighted by atomic mass is 10.2. The smallest absolute Gasteiger partial charge is 0.242 e. The molecule has 1 aliphatic carbocycles. The van der Waals surface area contributed by atoms with E-state index in [-0.39, 0.29) is 11.9 Å². The van der Waals surface area contributed by atoms with Gasteiger partial charge in [0.1, 0.15) is 5.82 Å². The average Bonchev–Trinajstić information content (AvgIpc) is 3.07. The highest BCUT2D eigenvalue weighted by atomic mass is 16.2. The van der Waals surface area contributed by atoms with Crippen LogP contribution in [0.2, 0.25) is 0 Å². The van der Waals surface area contributed by atoms with Crippen molar-refractivity contribution in [3.05, 3.63) is 24.4 Å². The predicted octanol–water partition coefficient (Wildman–Crippen LogP) is 2.21. The van der Waals surface area contributed by atoms with Crippen LogP contribution in [0.25, 0.3) is 0 Å². The molecule has 1 saturated carbocycles. The Kier molecular flexibility index (Phi) is 6.34. The fourth-order valence-corrected chi connectivity index (χ4v) is 2.90. The molecule has 1 heterocycles. The molecule has 1 aromatic rings. The van der Waals surface area contributed by atoms with E-state index in [2.05, 4.69) is 27.1 Å². The van der Waals surface area contributed by atoms with Crippen LogP contribution < -0.4 is 5.32 Å². The maximum Gasteiger partial charge on any atom is 0.242 e. The van der Waals surface area contributed by atoms with Crippen LogP contribution >= 0.6 is 0 Å². The van der Waals surface area contributed by atoms with Crippen molar-refractivity contribution in [2.75, 3.05) is 32.5 Å². The Balaban J connectivity index is 1.75. The highest BCUT2D eigenvalue weighted by Gasteiger charge is 2.22. The third kappa shape index (κ3) is 4.78. The zero-order valence-electron chi connectivity index (χ0n) is 14.0. The first kappa shape index (κ1) is 16.9. The SMILES string of the molecule is C[C@@H](C(=O)Nc1ccccn1)N(C)CCN(C)C1CCCC1. The van der Waals surface area contributed by atoms with Crippen LogP contribution in [-0.4, -0.2) is 60.0 Å². The minimum Gasteiger partial charge on any atom is -0.309 e. The fourth-order valence-electron chi connectivity index (χ4n) is 2.90. The first-order valence-corrected chi connectivity index (χ1v) is 8.20. The van der Waals surface area contributed by atoms with Crippen molar-refractivity contribution in [3.8, 4) is 0 Å². The molecule has 2 rings (SSSR count). The zero-order chi connectivity index (χ0) is 15.9. The Bertz CT molecular complexity index is 459. The second-order valence-corrected chi connectivity index (χ2v) is 6.28. The number of likely N-dealkylation sites (N-methyl/N-ethyl adjacent to an activating group) is 2. The number of rotatable bonds is 7. The molecule has 1 amide bonds. The number of carbonyl (C=O) groups is 1. The number of hydrogen-bond acceptors (Lipinski definition) is 4. The average molecular weight is 304 g/mol. The minimum absolute atomic E-state index is 0.00952. The summed E-state index contributed by atoms with van der Waals surface area (Å²) < 4.78 is 0. The molecule has 5 heteroatoms. The van der Waals surface area contributed by atoms with Crippen LogP contribution in [0.15, 0.2) is 24.4 Å². The Morgan fingerprint density at radius 2 is 2.05 bits per heavy atom. The second kappa shape index (κ2) is 8.25. The van der Waals surface area contributed by atoms with Gasteiger partial charge in [-0.25, -0.2) is 4.98 Å². The third-order valence-corrected chi connectivity index (χ3v) is 4.71. The Morgan fingerprint density at radius 1 is 1.32 bits per heavy atom. The van der Waals surface area contributed by atoms with E-state index >= 15 is 0 Å². The summed E-state index contributed by atoms with van der Waals surface area (Å²) in [5.74, 6) is 0.598. The molecule has 0 aromatic carbocycles. The van der Waals surface area contributed by atoms with E-state index in [9.17, 15) is 4.79 Å². The summed E-state index contributed by atoms with van der Waals surface area (Å²) in [4.78, 5) is 20.9. The summed E-state index contributed by atoms with van der Waals surface area (Å²) in [6.07, 6.45) is 7.02. The van der Waals surface area contributed by atoms with Crippen LogP contribution in [0.5, 0.6) is 0 Å². The summed E-state index contributed by atoms with van der Waals surface area (Å²) >= 11 is 0. The van der Waals surface area contributed by atoms with E-state index < -0.39 is 0 Å². The van der Waals surface area contributed by atoms with Crippen molar-refractivity contribution in [1.29, 1.82) is 0 Å². The number of nitrogens with zero attached hydrogens (tertiary/aromatic N) is 3. The molecule has 22 heavy (non-hydrogen) atoms. The summed E-state index contributed by atoms with van der Waals surface area (Å²) in [6.45, 7) is 3.83. The number of hydrogen-bond donors (Lipinski definition) is 1. The van der Waals surface area contributed by atoms with Crippen molar-refractivity contribution in [3.63, 3.8) is 0 Å². The largest absolute Gasteiger partial charge is 0.309 e. The molecule has 0 radical (unpaired) electrons. The normalized spacial score (nSPS) is 17.1. The van der Waals surface area contributed by atoms with Crippen molar-refractivity contribution < 1.29 is 4.79 Å².